The highest BCUT2D eigenvalue weighted by molar-refractivity contribution is 7.92. The van der Waals surface area contributed by atoms with E-state index >= 15 is 0 Å². The zero-order valence-electron chi connectivity index (χ0n) is 26.4. The fourth-order valence-corrected chi connectivity index (χ4v) is 6.84. The number of para-hydroxylation sites is 2. The van der Waals surface area contributed by atoms with Gasteiger partial charge in [-0.1, -0.05) is 103 Å². The van der Waals surface area contributed by atoms with E-state index in [0.29, 0.717) is 27.9 Å². The first kappa shape index (κ1) is 35.8. The third-order valence-corrected chi connectivity index (χ3v) is 9.99. The maximum absolute atomic E-state index is 14.6. The Bertz CT molecular complexity index is 1740. The SMILES string of the molecule is CCCCNC(=O)C(Cc1ccccc1)N(Cc1ccc(Cl)c(Cl)c1)C(=O)CN(c1ccccc1OCC)S(=O)(=O)c1ccccc1. The Morgan fingerprint density at radius 1 is 0.830 bits per heavy atom. The van der Waals surface area contributed by atoms with E-state index in [-0.39, 0.29) is 36.1 Å². The lowest BCUT2D eigenvalue weighted by molar-refractivity contribution is -0.140. The minimum atomic E-state index is -4.26. The molecule has 0 aromatic heterocycles. The smallest absolute Gasteiger partial charge is 0.264 e. The van der Waals surface area contributed by atoms with Crippen LogP contribution in [0, 0.1) is 0 Å². The number of halogens is 2. The molecule has 0 bridgehead atoms. The summed E-state index contributed by atoms with van der Waals surface area (Å²) in [7, 11) is -4.26. The summed E-state index contributed by atoms with van der Waals surface area (Å²) >= 11 is 12.6. The van der Waals surface area contributed by atoms with Crippen molar-refractivity contribution in [3.05, 3.63) is 124 Å². The number of benzene rings is 4. The van der Waals surface area contributed by atoms with E-state index in [1.54, 1.807) is 67.6 Å². The van der Waals surface area contributed by atoms with Gasteiger partial charge < -0.3 is 15.0 Å². The number of nitrogens with zero attached hydrogens (tertiary/aromatic N) is 2. The molecule has 1 atom stereocenters. The summed E-state index contributed by atoms with van der Waals surface area (Å²) in [6.45, 7) is 3.91. The number of anilines is 1. The average Bonchev–Trinajstić information content (AvgIpc) is 3.08. The van der Waals surface area contributed by atoms with E-state index in [9.17, 15) is 18.0 Å². The first-order chi connectivity index (χ1) is 22.6. The summed E-state index contributed by atoms with van der Waals surface area (Å²) < 4.78 is 35.3. The van der Waals surface area contributed by atoms with Gasteiger partial charge >= 0.3 is 0 Å². The number of ether oxygens (including phenoxy) is 1. The second-order valence-corrected chi connectivity index (χ2v) is 13.5. The van der Waals surface area contributed by atoms with Crippen molar-refractivity contribution >= 4 is 50.7 Å². The van der Waals surface area contributed by atoms with E-state index < -0.39 is 28.5 Å². The second-order valence-electron chi connectivity index (χ2n) is 10.8. The third kappa shape index (κ3) is 9.50. The number of amides is 2. The number of carbonyl (C=O) groups excluding carboxylic acids is 2. The quantitative estimate of drug-likeness (QED) is 0.126. The van der Waals surface area contributed by atoms with Gasteiger partial charge in [0.15, 0.2) is 0 Å². The van der Waals surface area contributed by atoms with Crippen molar-refractivity contribution in [3.8, 4) is 5.75 Å². The largest absolute Gasteiger partial charge is 0.492 e. The van der Waals surface area contributed by atoms with Gasteiger partial charge in [0.2, 0.25) is 11.8 Å². The molecule has 0 aliphatic heterocycles. The molecular weight excluding hydrogens is 657 g/mol. The van der Waals surface area contributed by atoms with Crippen LogP contribution in [-0.4, -0.2) is 50.9 Å². The highest BCUT2D eigenvalue weighted by atomic mass is 35.5. The van der Waals surface area contributed by atoms with Crippen LogP contribution >= 0.6 is 23.2 Å². The Balaban J connectivity index is 1.83. The predicted octanol–water partition coefficient (Wildman–Crippen LogP) is 7.14. The van der Waals surface area contributed by atoms with Crippen LogP contribution in [0.25, 0.3) is 0 Å². The minimum absolute atomic E-state index is 0.00767. The Hall–Kier alpha value is -4.05. The molecule has 248 valence electrons. The monoisotopic (exact) mass is 695 g/mol. The number of sulfonamides is 1. The minimum Gasteiger partial charge on any atom is -0.492 e. The average molecular weight is 697 g/mol. The maximum atomic E-state index is 14.6. The summed E-state index contributed by atoms with van der Waals surface area (Å²) in [5.74, 6) is -0.632. The van der Waals surface area contributed by atoms with Gasteiger partial charge in [0.25, 0.3) is 10.0 Å². The van der Waals surface area contributed by atoms with Crippen LogP contribution in [0.3, 0.4) is 0 Å². The number of carbonyl (C=O) groups is 2. The van der Waals surface area contributed by atoms with E-state index in [0.717, 1.165) is 22.7 Å². The van der Waals surface area contributed by atoms with Crippen molar-refractivity contribution in [2.45, 2.75) is 50.6 Å². The molecule has 0 radical (unpaired) electrons. The highest BCUT2D eigenvalue weighted by Gasteiger charge is 2.35. The fourth-order valence-electron chi connectivity index (χ4n) is 5.07. The molecular formula is C36H39Cl2N3O5S. The number of nitrogens with one attached hydrogen (secondary N) is 1. The molecule has 1 unspecified atom stereocenters. The van der Waals surface area contributed by atoms with Crippen molar-refractivity contribution in [2.75, 3.05) is 24.0 Å². The van der Waals surface area contributed by atoms with Gasteiger partial charge in [0, 0.05) is 19.5 Å². The molecule has 0 spiro atoms. The van der Waals surface area contributed by atoms with Crippen LogP contribution in [0.4, 0.5) is 5.69 Å². The van der Waals surface area contributed by atoms with Gasteiger partial charge in [-0.05, 0) is 60.9 Å². The van der Waals surface area contributed by atoms with Crippen LogP contribution in [-0.2, 0) is 32.6 Å². The van der Waals surface area contributed by atoms with Crippen molar-refractivity contribution < 1.29 is 22.7 Å². The number of unbranched alkanes of at least 4 members (excludes halogenated alkanes) is 1. The highest BCUT2D eigenvalue weighted by Crippen LogP contribution is 2.33. The lowest BCUT2D eigenvalue weighted by Gasteiger charge is -2.34. The Labute approximate surface area is 287 Å². The van der Waals surface area contributed by atoms with Crippen molar-refractivity contribution in [1.29, 1.82) is 0 Å². The van der Waals surface area contributed by atoms with Gasteiger partial charge in [-0.2, -0.15) is 0 Å². The molecule has 47 heavy (non-hydrogen) atoms. The standard InChI is InChI=1S/C36H39Cl2N3O5S/c1-3-5-22-39-36(43)33(24-27-14-8-6-9-15-27)40(25-28-20-21-30(37)31(38)23-28)35(42)26-41(32-18-12-13-19-34(32)46-4-2)47(44,45)29-16-10-7-11-17-29/h6-21,23,33H,3-5,22,24-26H2,1-2H3,(H,39,43). The zero-order valence-corrected chi connectivity index (χ0v) is 28.8. The van der Waals surface area contributed by atoms with Gasteiger partial charge in [-0.15, -0.1) is 0 Å². The molecule has 2 amide bonds. The predicted molar refractivity (Wildman–Crippen MR) is 187 cm³/mol. The van der Waals surface area contributed by atoms with E-state index in [2.05, 4.69) is 5.32 Å². The number of hydrogen-bond donors (Lipinski definition) is 1. The van der Waals surface area contributed by atoms with Crippen LogP contribution in [0.15, 0.2) is 108 Å². The Morgan fingerprint density at radius 3 is 2.15 bits per heavy atom. The van der Waals surface area contributed by atoms with Gasteiger partial charge in [-0.25, -0.2) is 8.42 Å². The fraction of sp³-hybridized carbons (Fsp3) is 0.278. The lowest BCUT2D eigenvalue weighted by Crippen LogP contribution is -2.53. The Morgan fingerprint density at radius 2 is 1.49 bits per heavy atom. The van der Waals surface area contributed by atoms with Gasteiger partial charge in [0.1, 0.15) is 18.3 Å². The summed E-state index contributed by atoms with van der Waals surface area (Å²) in [6.07, 6.45) is 1.84. The molecule has 11 heteroatoms. The zero-order chi connectivity index (χ0) is 33.8. The second kappa shape index (κ2) is 17.2. The molecule has 0 saturated heterocycles. The molecule has 0 aliphatic carbocycles. The molecule has 4 rings (SSSR count). The number of rotatable bonds is 16. The van der Waals surface area contributed by atoms with Crippen LogP contribution in [0.2, 0.25) is 10.0 Å². The van der Waals surface area contributed by atoms with Crippen molar-refractivity contribution in [1.82, 2.24) is 10.2 Å². The molecule has 0 fully saturated rings. The topological polar surface area (TPSA) is 96.0 Å². The molecule has 4 aromatic rings. The van der Waals surface area contributed by atoms with Crippen LogP contribution < -0.4 is 14.4 Å². The molecule has 1 N–H and O–H groups in total. The number of hydrogen-bond acceptors (Lipinski definition) is 5. The van der Waals surface area contributed by atoms with E-state index in [1.807, 2.05) is 37.3 Å². The maximum Gasteiger partial charge on any atom is 0.264 e. The molecule has 0 heterocycles. The third-order valence-electron chi connectivity index (χ3n) is 7.48. The summed E-state index contributed by atoms with van der Waals surface area (Å²) in [5, 5.41) is 3.62. The molecule has 0 aliphatic rings. The van der Waals surface area contributed by atoms with Crippen LogP contribution in [0.5, 0.6) is 5.75 Å². The molecule has 4 aromatic carbocycles. The first-order valence-electron chi connectivity index (χ1n) is 15.5. The first-order valence-corrected chi connectivity index (χ1v) is 17.7. The normalized spacial score (nSPS) is 11.8. The summed E-state index contributed by atoms with van der Waals surface area (Å²) in [5.41, 5.74) is 1.66. The van der Waals surface area contributed by atoms with Crippen LogP contribution in [0.1, 0.15) is 37.8 Å². The lowest BCUT2D eigenvalue weighted by atomic mass is 10.0. The summed E-state index contributed by atoms with van der Waals surface area (Å²) in [6, 6.07) is 28.0. The molecule has 8 nitrogen and oxygen atoms in total. The molecule has 0 saturated carbocycles. The van der Waals surface area contributed by atoms with Gasteiger partial charge in [0.05, 0.1) is 27.2 Å². The van der Waals surface area contributed by atoms with Crippen molar-refractivity contribution in [2.24, 2.45) is 0 Å². The van der Waals surface area contributed by atoms with E-state index in [4.69, 9.17) is 27.9 Å². The Kier molecular flexibility index (Phi) is 13.1. The van der Waals surface area contributed by atoms with Crippen molar-refractivity contribution in [3.63, 3.8) is 0 Å². The summed E-state index contributed by atoms with van der Waals surface area (Å²) in [4.78, 5) is 30.0. The van der Waals surface area contributed by atoms with E-state index in [1.165, 1.54) is 17.0 Å². The van der Waals surface area contributed by atoms with Gasteiger partial charge in [-0.3, -0.25) is 13.9 Å².